The van der Waals surface area contributed by atoms with Gasteiger partial charge in [0, 0.05) is 23.1 Å². The van der Waals surface area contributed by atoms with Crippen molar-refractivity contribution in [3.05, 3.63) is 60.7 Å². The number of aromatic nitrogens is 1. The molecule has 2 nitrogen and oxygen atoms in total. The Morgan fingerprint density at radius 3 is 2.67 bits per heavy atom. The second kappa shape index (κ2) is 4.49. The first kappa shape index (κ1) is 10.8. The Labute approximate surface area is 106 Å². The van der Waals surface area contributed by atoms with E-state index in [1.54, 1.807) is 7.11 Å². The third kappa shape index (κ3) is 1.93. The van der Waals surface area contributed by atoms with Crippen LogP contribution < -0.4 is 4.74 Å². The van der Waals surface area contributed by atoms with Crippen LogP contribution in [-0.4, -0.2) is 12.1 Å². The molecule has 1 heterocycles. The summed E-state index contributed by atoms with van der Waals surface area (Å²) < 4.78 is 5.22. The summed E-state index contributed by atoms with van der Waals surface area (Å²) in [5, 5.41) is 1.07. The Hall–Kier alpha value is -2.35. The number of hydrogen-bond acceptors (Lipinski definition) is 2. The molecule has 0 N–H and O–H groups in total. The second-order valence-corrected chi connectivity index (χ2v) is 4.04. The fraction of sp³-hybridized carbons (Fsp3) is 0.0625. The number of pyridine rings is 1. The van der Waals surface area contributed by atoms with Crippen LogP contribution in [-0.2, 0) is 0 Å². The number of methoxy groups -OCH3 is 1. The molecule has 0 saturated carbocycles. The average Bonchev–Trinajstić information content (AvgIpc) is 2.47. The van der Waals surface area contributed by atoms with E-state index in [4.69, 9.17) is 4.74 Å². The van der Waals surface area contributed by atoms with Crippen molar-refractivity contribution in [2.24, 2.45) is 0 Å². The molecule has 0 atom stereocenters. The van der Waals surface area contributed by atoms with Gasteiger partial charge < -0.3 is 4.74 Å². The molecule has 0 bridgehead atoms. The fourth-order valence-corrected chi connectivity index (χ4v) is 1.91. The maximum atomic E-state index is 5.22. The molecule has 18 heavy (non-hydrogen) atoms. The minimum Gasteiger partial charge on any atom is -0.497 e. The standard InChI is InChI=1S/C16H12NO/c1-18-14-9-7-13-8-10-15(17-16(13)11-14)12-5-3-2-4-6-12/h2-9,11H,1H3. The second-order valence-electron chi connectivity index (χ2n) is 4.04. The first-order valence-corrected chi connectivity index (χ1v) is 5.79. The highest BCUT2D eigenvalue weighted by atomic mass is 16.5. The Balaban J connectivity index is 2.15. The highest BCUT2D eigenvalue weighted by Crippen LogP contribution is 2.23. The lowest BCUT2D eigenvalue weighted by atomic mass is 10.1. The van der Waals surface area contributed by atoms with Crippen LogP contribution >= 0.6 is 0 Å². The summed E-state index contributed by atoms with van der Waals surface area (Å²) in [6, 6.07) is 21.1. The van der Waals surface area contributed by atoms with Crippen LogP contribution in [0.15, 0.2) is 54.6 Å². The van der Waals surface area contributed by atoms with Gasteiger partial charge in [-0.05, 0) is 18.2 Å². The molecule has 0 spiro atoms. The van der Waals surface area contributed by atoms with Crippen molar-refractivity contribution >= 4 is 10.9 Å². The molecule has 3 aromatic rings. The summed E-state index contributed by atoms with van der Waals surface area (Å²) >= 11 is 0. The molecule has 87 valence electrons. The molecule has 0 aliphatic carbocycles. The van der Waals surface area contributed by atoms with Gasteiger partial charge in [0.25, 0.3) is 0 Å². The zero-order valence-corrected chi connectivity index (χ0v) is 10.1. The predicted octanol–water partition coefficient (Wildman–Crippen LogP) is 3.71. The van der Waals surface area contributed by atoms with Crippen molar-refractivity contribution < 1.29 is 4.74 Å². The van der Waals surface area contributed by atoms with Crippen LogP contribution in [0.4, 0.5) is 0 Å². The van der Waals surface area contributed by atoms with Gasteiger partial charge in [0.05, 0.1) is 18.3 Å². The maximum Gasteiger partial charge on any atom is 0.121 e. The first-order chi connectivity index (χ1) is 8.86. The quantitative estimate of drug-likeness (QED) is 0.674. The van der Waals surface area contributed by atoms with Gasteiger partial charge in [0.1, 0.15) is 5.75 Å². The van der Waals surface area contributed by atoms with Gasteiger partial charge in [-0.2, -0.15) is 0 Å². The Bertz CT molecular complexity index is 677. The summed E-state index contributed by atoms with van der Waals surface area (Å²) in [7, 11) is 1.66. The fourth-order valence-electron chi connectivity index (χ4n) is 1.91. The maximum absolute atomic E-state index is 5.22. The molecular formula is C16H12NO. The van der Waals surface area contributed by atoms with Gasteiger partial charge in [-0.15, -0.1) is 0 Å². The Morgan fingerprint density at radius 2 is 1.89 bits per heavy atom. The molecule has 1 radical (unpaired) electrons. The SMILES string of the molecule is COc1ccc2c[c]c(-c3ccccc3)nc2c1. The molecule has 0 saturated heterocycles. The van der Waals surface area contributed by atoms with E-state index in [1.807, 2.05) is 54.6 Å². The van der Waals surface area contributed by atoms with Crippen LogP contribution in [0, 0.1) is 6.07 Å². The average molecular weight is 234 g/mol. The zero-order chi connectivity index (χ0) is 12.4. The van der Waals surface area contributed by atoms with Gasteiger partial charge in [-0.3, -0.25) is 0 Å². The predicted molar refractivity (Wildman–Crippen MR) is 72.6 cm³/mol. The number of hydrogen-bond donors (Lipinski definition) is 0. The molecule has 0 aliphatic heterocycles. The molecule has 2 aromatic carbocycles. The van der Waals surface area contributed by atoms with E-state index in [9.17, 15) is 0 Å². The summed E-state index contributed by atoms with van der Waals surface area (Å²) in [6.45, 7) is 0. The van der Waals surface area contributed by atoms with Crippen LogP contribution in [0.2, 0.25) is 0 Å². The molecule has 2 heteroatoms. The number of fused-ring (bicyclic) bond motifs is 1. The van der Waals surface area contributed by atoms with E-state index in [2.05, 4.69) is 11.1 Å². The van der Waals surface area contributed by atoms with E-state index in [1.165, 1.54) is 0 Å². The molecule has 0 fully saturated rings. The van der Waals surface area contributed by atoms with Crippen LogP contribution in [0.25, 0.3) is 22.2 Å². The van der Waals surface area contributed by atoms with Gasteiger partial charge in [0.2, 0.25) is 0 Å². The van der Waals surface area contributed by atoms with E-state index < -0.39 is 0 Å². The number of ether oxygens (including phenoxy) is 1. The van der Waals surface area contributed by atoms with Gasteiger partial charge in [-0.1, -0.05) is 30.3 Å². The minimum atomic E-state index is 0.820. The van der Waals surface area contributed by atoms with E-state index >= 15 is 0 Å². The molecule has 0 aliphatic rings. The summed E-state index contributed by atoms with van der Waals surface area (Å²) in [5.41, 5.74) is 2.85. The van der Waals surface area contributed by atoms with Crippen molar-refractivity contribution in [3.63, 3.8) is 0 Å². The van der Waals surface area contributed by atoms with Gasteiger partial charge in [0.15, 0.2) is 0 Å². The number of rotatable bonds is 2. The van der Waals surface area contributed by atoms with Crippen LogP contribution in [0.1, 0.15) is 0 Å². The lowest BCUT2D eigenvalue weighted by Gasteiger charge is -2.04. The highest BCUT2D eigenvalue weighted by Gasteiger charge is 2.02. The smallest absolute Gasteiger partial charge is 0.121 e. The molecule has 0 unspecified atom stereocenters. The normalized spacial score (nSPS) is 10.5. The molecular weight excluding hydrogens is 222 g/mol. The van der Waals surface area contributed by atoms with E-state index in [-0.39, 0.29) is 0 Å². The molecule has 0 amide bonds. The van der Waals surface area contributed by atoms with Crippen molar-refractivity contribution in [1.82, 2.24) is 4.98 Å². The van der Waals surface area contributed by atoms with Crippen LogP contribution in [0.3, 0.4) is 0 Å². The Morgan fingerprint density at radius 1 is 1.06 bits per heavy atom. The van der Waals surface area contributed by atoms with E-state index in [0.29, 0.717) is 0 Å². The number of benzene rings is 2. The molecule has 3 rings (SSSR count). The third-order valence-electron chi connectivity index (χ3n) is 2.88. The van der Waals surface area contributed by atoms with Crippen LogP contribution in [0.5, 0.6) is 5.75 Å². The lowest BCUT2D eigenvalue weighted by molar-refractivity contribution is 0.415. The van der Waals surface area contributed by atoms with Crippen molar-refractivity contribution in [2.75, 3.05) is 7.11 Å². The summed E-state index contributed by atoms with van der Waals surface area (Å²) in [6.07, 6.45) is 0. The monoisotopic (exact) mass is 234 g/mol. The van der Waals surface area contributed by atoms with Crippen molar-refractivity contribution in [1.29, 1.82) is 0 Å². The third-order valence-corrected chi connectivity index (χ3v) is 2.88. The number of nitrogens with zero attached hydrogens (tertiary/aromatic N) is 1. The largest absolute Gasteiger partial charge is 0.497 e. The van der Waals surface area contributed by atoms with Crippen molar-refractivity contribution in [2.45, 2.75) is 0 Å². The summed E-state index contributed by atoms with van der Waals surface area (Å²) in [5.74, 6) is 0.820. The Kier molecular flexibility index (Phi) is 2.69. The molecule has 1 aromatic heterocycles. The van der Waals surface area contributed by atoms with E-state index in [0.717, 1.165) is 27.9 Å². The minimum absolute atomic E-state index is 0.820. The highest BCUT2D eigenvalue weighted by molar-refractivity contribution is 5.82. The zero-order valence-electron chi connectivity index (χ0n) is 10.1. The lowest BCUT2D eigenvalue weighted by Crippen LogP contribution is -1.87. The topological polar surface area (TPSA) is 22.1 Å². The van der Waals surface area contributed by atoms with Gasteiger partial charge >= 0.3 is 0 Å². The summed E-state index contributed by atoms with van der Waals surface area (Å²) in [4.78, 5) is 4.62. The first-order valence-electron chi connectivity index (χ1n) is 5.79. The van der Waals surface area contributed by atoms with Gasteiger partial charge in [-0.25, -0.2) is 4.98 Å². The van der Waals surface area contributed by atoms with Crippen molar-refractivity contribution in [3.8, 4) is 17.0 Å².